The molecule has 2 aromatic carbocycles. The van der Waals surface area contributed by atoms with Crippen LogP contribution in [0.4, 0.5) is 4.79 Å². The summed E-state index contributed by atoms with van der Waals surface area (Å²) >= 11 is 0.901. The molecule has 0 unspecified atom stereocenters. The van der Waals surface area contributed by atoms with Crippen LogP contribution in [-0.2, 0) is 9.59 Å². The van der Waals surface area contributed by atoms with Gasteiger partial charge in [0.05, 0.1) is 11.4 Å². The number of hydrogen-bond donors (Lipinski definition) is 0. The van der Waals surface area contributed by atoms with Crippen molar-refractivity contribution in [1.29, 1.82) is 0 Å². The Morgan fingerprint density at radius 3 is 2.52 bits per heavy atom. The number of amides is 2. The number of carbonyl (C=O) groups is 3. The molecule has 2 aromatic rings. The summed E-state index contributed by atoms with van der Waals surface area (Å²) < 4.78 is 10.7. The maximum absolute atomic E-state index is 12.6. The summed E-state index contributed by atoms with van der Waals surface area (Å²) in [6.45, 7) is 5.66. The highest BCUT2D eigenvalue weighted by molar-refractivity contribution is 8.18. The fraction of sp³-hybridized carbons (Fsp3) is 0.227. The van der Waals surface area contributed by atoms with Gasteiger partial charge in [0, 0.05) is 6.92 Å². The molecule has 1 aliphatic heterocycles. The molecule has 0 atom stereocenters. The molecule has 150 valence electrons. The number of esters is 1. The fourth-order valence-corrected chi connectivity index (χ4v) is 3.62. The first-order chi connectivity index (χ1) is 13.8. The molecular weight excluding hydrogens is 390 g/mol. The average Bonchev–Trinajstić information content (AvgIpc) is 2.93. The largest absolute Gasteiger partial charge is 0.491 e. The summed E-state index contributed by atoms with van der Waals surface area (Å²) in [6.07, 6.45) is 1.65. The lowest BCUT2D eigenvalue weighted by atomic mass is 10.1. The van der Waals surface area contributed by atoms with Gasteiger partial charge in [-0.15, -0.1) is 0 Å². The third-order valence-corrected chi connectivity index (χ3v) is 5.14. The second kappa shape index (κ2) is 8.96. The van der Waals surface area contributed by atoms with Crippen LogP contribution in [0.3, 0.4) is 0 Å². The molecule has 0 aromatic heterocycles. The van der Waals surface area contributed by atoms with E-state index in [1.165, 1.54) is 11.8 Å². The molecule has 3 rings (SSSR count). The van der Waals surface area contributed by atoms with Gasteiger partial charge in [-0.1, -0.05) is 24.3 Å². The lowest BCUT2D eigenvalue weighted by molar-refractivity contribution is -0.131. The summed E-state index contributed by atoms with van der Waals surface area (Å²) in [4.78, 5) is 37.3. The highest BCUT2D eigenvalue weighted by atomic mass is 32.2. The van der Waals surface area contributed by atoms with Crippen molar-refractivity contribution in [2.45, 2.75) is 20.8 Å². The molecule has 0 aliphatic carbocycles. The molecule has 1 fully saturated rings. The standard InChI is InChI=1S/C22H21NO5S/c1-14-4-5-15(2)19(12-14)27-11-10-23-21(25)20(29-22(23)26)13-17-6-8-18(9-7-17)28-16(3)24/h4-9,12-13H,10-11H2,1-3H3/b20-13-. The number of rotatable bonds is 6. The lowest BCUT2D eigenvalue weighted by Gasteiger charge is -2.14. The molecule has 29 heavy (non-hydrogen) atoms. The van der Waals surface area contributed by atoms with E-state index >= 15 is 0 Å². The van der Waals surface area contributed by atoms with Gasteiger partial charge in [0.1, 0.15) is 18.1 Å². The first-order valence-corrected chi connectivity index (χ1v) is 9.89. The molecular formula is C22H21NO5S. The topological polar surface area (TPSA) is 72.9 Å². The Bertz CT molecular complexity index is 981. The summed E-state index contributed by atoms with van der Waals surface area (Å²) in [7, 11) is 0. The minimum absolute atomic E-state index is 0.181. The SMILES string of the molecule is CC(=O)Oc1ccc(/C=C2\SC(=O)N(CCOc3cc(C)ccc3C)C2=O)cc1. The van der Waals surface area contributed by atoms with Crippen molar-refractivity contribution in [3.8, 4) is 11.5 Å². The van der Waals surface area contributed by atoms with Crippen molar-refractivity contribution in [3.63, 3.8) is 0 Å². The van der Waals surface area contributed by atoms with E-state index < -0.39 is 5.97 Å². The van der Waals surface area contributed by atoms with Crippen molar-refractivity contribution < 1.29 is 23.9 Å². The fourth-order valence-electron chi connectivity index (χ4n) is 2.75. The highest BCUT2D eigenvalue weighted by Gasteiger charge is 2.34. The van der Waals surface area contributed by atoms with Crippen LogP contribution in [0.5, 0.6) is 11.5 Å². The first kappa shape index (κ1) is 20.7. The Labute approximate surface area is 173 Å². The van der Waals surface area contributed by atoms with E-state index in [4.69, 9.17) is 9.47 Å². The quantitative estimate of drug-likeness (QED) is 0.400. The van der Waals surface area contributed by atoms with E-state index in [0.29, 0.717) is 10.7 Å². The van der Waals surface area contributed by atoms with E-state index in [1.807, 2.05) is 32.0 Å². The zero-order valence-electron chi connectivity index (χ0n) is 16.4. The van der Waals surface area contributed by atoms with Crippen LogP contribution in [0.2, 0.25) is 0 Å². The molecule has 0 radical (unpaired) electrons. The van der Waals surface area contributed by atoms with Crippen molar-refractivity contribution in [2.75, 3.05) is 13.2 Å². The Balaban J connectivity index is 1.62. The molecule has 1 saturated heterocycles. The third kappa shape index (κ3) is 5.26. The number of ether oxygens (including phenoxy) is 2. The molecule has 0 bridgehead atoms. The summed E-state index contributed by atoms with van der Waals surface area (Å²) in [6, 6.07) is 12.6. The van der Waals surface area contributed by atoms with Gasteiger partial charge in [0.2, 0.25) is 0 Å². The van der Waals surface area contributed by atoms with E-state index in [-0.39, 0.29) is 24.3 Å². The number of imide groups is 1. The van der Waals surface area contributed by atoms with E-state index in [0.717, 1.165) is 34.2 Å². The third-order valence-electron chi connectivity index (χ3n) is 4.23. The Morgan fingerprint density at radius 2 is 1.83 bits per heavy atom. The van der Waals surface area contributed by atoms with Crippen LogP contribution >= 0.6 is 11.8 Å². The van der Waals surface area contributed by atoms with Gasteiger partial charge in [-0.3, -0.25) is 19.3 Å². The zero-order valence-corrected chi connectivity index (χ0v) is 17.2. The van der Waals surface area contributed by atoms with E-state index in [1.54, 1.807) is 30.3 Å². The number of aryl methyl sites for hydroxylation is 2. The Kier molecular flexibility index (Phi) is 6.39. The van der Waals surface area contributed by atoms with Crippen LogP contribution < -0.4 is 9.47 Å². The van der Waals surface area contributed by atoms with Gasteiger partial charge in [-0.05, 0) is 66.6 Å². The molecule has 6 nitrogen and oxygen atoms in total. The van der Waals surface area contributed by atoms with Gasteiger partial charge in [0.15, 0.2) is 0 Å². The maximum Gasteiger partial charge on any atom is 0.308 e. The zero-order chi connectivity index (χ0) is 21.0. The second-order valence-electron chi connectivity index (χ2n) is 6.61. The molecule has 1 aliphatic rings. The van der Waals surface area contributed by atoms with Gasteiger partial charge in [-0.25, -0.2) is 0 Å². The second-order valence-corrected chi connectivity index (χ2v) is 7.61. The van der Waals surface area contributed by atoms with Gasteiger partial charge >= 0.3 is 5.97 Å². The molecule has 0 N–H and O–H groups in total. The van der Waals surface area contributed by atoms with E-state index in [9.17, 15) is 14.4 Å². The molecule has 0 saturated carbocycles. The van der Waals surface area contributed by atoms with Crippen molar-refractivity contribution in [2.24, 2.45) is 0 Å². The highest BCUT2D eigenvalue weighted by Crippen LogP contribution is 2.32. The predicted octanol–water partition coefficient (Wildman–Crippen LogP) is 4.34. The minimum Gasteiger partial charge on any atom is -0.491 e. The summed E-state index contributed by atoms with van der Waals surface area (Å²) in [5.41, 5.74) is 2.82. The first-order valence-electron chi connectivity index (χ1n) is 9.07. The monoisotopic (exact) mass is 411 g/mol. The molecule has 1 heterocycles. The van der Waals surface area contributed by atoms with Gasteiger partial charge < -0.3 is 9.47 Å². The average molecular weight is 411 g/mol. The number of carbonyl (C=O) groups excluding carboxylic acids is 3. The maximum atomic E-state index is 12.6. The van der Waals surface area contributed by atoms with Crippen LogP contribution in [0.25, 0.3) is 6.08 Å². The number of thioether (sulfide) groups is 1. The Morgan fingerprint density at radius 1 is 1.10 bits per heavy atom. The smallest absolute Gasteiger partial charge is 0.308 e. The van der Waals surface area contributed by atoms with Crippen LogP contribution in [0, 0.1) is 13.8 Å². The number of hydrogen-bond acceptors (Lipinski definition) is 6. The summed E-state index contributed by atoms with van der Waals surface area (Å²) in [5.74, 6) is 0.433. The van der Waals surface area contributed by atoms with Crippen molar-refractivity contribution in [1.82, 2.24) is 4.90 Å². The lowest BCUT2D eigenvalue weighted by Crippen LogP contribution is -2.32. The molecule has 0 spiro atoms. The van der Waals surface area contributed by atoms with Gasteiger partial charge in [0.25, 0.3) is 11.1 Å². The van der Waals surface area contributed by atoms with Gasteiger partial charge in [-0.2, -0.15) is 0 Å². The molecule has 7 heteroatoms. The van der Waals surface area contributed by atoms with E-state index in [2.05, 4.69) is 0 Å². The minimum atomic E-state index is -0.401. The molecule has 2 amide bonds. The number of benzene rings is 2. The van der Waals surface area contributed by atoms with Crippen molar-refractivity contribution in [3.05, 3.63) is 64.1 Å². The normalized spacial score (nSPS) is 15.1. The Hall–Kier alpha value is -3.06. The summed E-state index contributed by atoms with van der Waals surface area (Å²) in [5, 5.41) is -0.317. The van der Waals surface area contributed by atoms with Crippen LogP contribution in [0.15, 0.2) is 47.4 Å². The van der Waals surface area contributed by atoms with Crippen LogP contribution in [0.1, 0.15) is 23.6 Å². The van der Waals surface area contributed by atoms with Crippen molar-refractivity contribution >= 4 is 35.0 Å². The van der Waals surface area contributed by atoms with Crippen LogP contribution in [-0.4, -0.2) is 35.2 Å². The number of nitrogens with zero attached hydrogens (tertiary/aromatic N) is 1. The predicted molar refractivity (Wildman–Crippen MR) is 112 cm³/mol.